The second kappa shape index (κ2) is 6.70. The zero-order valence-electron chi connectivity index (χ0n) is 12.5. The number of carbonyl (C=O) groups is 1. The summed E-state index contributed by atoms with van der Waals surface area (Å²) in [5.74, 6) is 0.368. The lowest BCUT2D eigenvalue weighted by Crippen LogP contribution is -2.40. The normalized spacial score (nSPS) is 21.0. The number of benzene rings is 1. The van der Waals surface area contributed by atoms with Crippen LogP contribution in [-0.2, 0) is 6.54 Å². The molecule has 1 aromatic heterocycles. The summed E-state index contributed by atoms with van der Waals surface area (Å²) in [6.45, 7) is 1.17. The highest BCUT2D eigenvalue weighted by Crippen LogP contribution is 2.25. The average Bonchev–Trinajstić information content (AvgIpc) is 3.19. The average molecular weight is 299 g/mol. The summed E-state index contributed by atoms with van der Waals surface area (Å²) in [4.78, 5) is 16.5. The first kappa shape index (κ1) is 14.7. The minimum absolute atomic E-state index is 0.0268. The highest BCUT2D eigenvalue weighted by Gasteiger charge is 2.28. The quantitative estimate of drug-likeness (QED) is 0.868. The van der Waals surface area contributed by atoms with E-state index >= 15 is 0 Å². The molecule has 1 aliphatic rings. The molecule has 116 valence electrons. The van der Waals surface area contributed by atoms with Gasteiger partial charge in [0, 0.05) is 11.6 Å². The highest BCUT2D eigenvalue weighted by molar-refractivity contribution is 5.95. The Morgan fingerprint density at radius 1 is 1.36 bits per heavy atom. The van der Waals surface area contributed by atoms with Crippen molar-refractivity contribution in [2.45, 2.75) is 31.8 Å². The second-order valence-corrected chi connectivity index (χ2v) is 5.76. The Bertz CT molecular complexity index is 625. The van der Waals surface area contributed by atoms with Crippen LogP contribution in [0.3, 0.4) is 0 Å². The molecule has 0 saturated heterocycles. The molecular formula is C16H21N5O. The topological polar surface area (TPSA) is 85.8 Å². The first-order valence-corrected chi connectivity index (χ1v) is 7.69. The third-order valence-electron chi connectivity index (χ3n) is 4.34. The number of nitrogens with one attached hydrogen (secondary N) is 1. The van der Waals surface area contributed by atoms with Crippen LogP contribution in [0.15, 0.2) is 36.9 Å². The Labute approximate surface area is 129 Å². The van der Waals surface area contributed by atoms with Gasteiger partial charge in [0.15, 0.2) is 0 Å². The van der Waals surface area contributed by atoms with Crippen LogP contribution in [0.25, 0.3) is 0 Å². The summed E-state index contributed by atoms with van der Waals surface area (Å²) < 4.78 is 1.71. The van der Waals surface area contributed by atoms with E-state index in [9.17, 15) is 4.79 Å². The zero-order chi connectivity index (χ0) is 15.4. The van der Waals surface area contributed by atoms with Crippen molar-refractivity contribution in [1.29, 1.82) is 0 Å². The van der Waals surface area contributed by atoms with Gasteiger partial charge in [-0.2, -0.15) is 5.10 Å². The number of nitrogens with two attached hydrogens (primary N) is 1. The van der Waals surface area contributed by atoms with Crippen LogP contribution in [0.5, 0.6) is 0 Å². The van der Waals surface area contributed by atoms with Gasteiger partial charge in [-0.1, -0.05) is 24.6 Å². The van der Waals surface area contributed by atoms with Crippen LogP contribution in [0.4, 0.5) is 0 Å². The molecular weight excluding hydrogens is 278 g/mol. The second-order valence-electron chi connectivity index (χ2n) is 5.76. The van der Waals surface area contributed by atoms with Crippen molar-refractivity contribution in [2.24, 2.45) is 11.7 Å². The molecule has 1 saturated carbocycles. The predicted octanol–water partition coefficient (Wildman–Crippen LogP) is 1.18. The van der Waals surface area contributed by atoms with Crippen LogP contribution in [0, 0.1) is 5.92 Å². The fraction of sp³-hybridized carbons (Fsp3) is 0.438. The molecule has 3 N–H and O–H groups in total. The molecule has 0 radical (unpaired) electrons. The van der Waals surface area contributed by atoms with E-state index in [1.165, 1.54) is 6.33 Å². The zero-order valence-corrected chi connectivity index (χ0v) is 12.5. The number of hydrogen-bond acceptors (Lipinski definition) is 4. The highest BCUT2D eigenvalue weighted by atomic mass is 16.1. The van der Waals surface area contributed by atoms with Gasteiger partial charge in [0.25, 0.3) is 5.91 Å². The summed E-state index contributed by atoms with van der Waals surface area (Å²) in [6, 6.07) is 7.81. The van der Waals surface area contributed by atoms with Crippen LogP contribution < -0.4 is 11.1 Å². The molecule has 1 aliphatic carbocycles. The first-order chi connectivity index (χ1) is 10.8. The van der Waals surface area contributed by atoms with Crippen molar-refractivity contribution in [3.8, 4) is 0 Å². The minimum Gasteiger partial charge on any atom is -0.349 e. The summed E-state index contributed by atoms with van der Waals surface area (Å²) in [5, 5.41) is 7.25. The van der Waals surface area contributed by atoms with Crippen molar-refractivity contribution in [3.63, 3.8) is 0 Å². The van der Waals surface area contributed by atoms with E-state index in [1.807, 2.05) is 24.3 Å². The standard InChI is InChI=1S/C16H21N5O/c17-8-12-5-3-7-15(12)20-16(22)14-6-2-1-4-13(14)9-21-11-18-10-19-21/h1-2,4,6,10-12,15H,3,5,7-9,17H2,(H,20,22). The molecule has 1 amide bonds. The maximum absolute atomic E-state index is 12.6. The molecule has 6 nitrogen and oxygen atoms in total. The number of rotatable bonds is 5. The van der Waals surface area contributed by atoms with Crippen molar-refractivity contribution >= 4 is 5.91 Å². The van der Waals surface area contributed by atoms with Gasteiger partial charge in [0.2, 0.25) is 0 Å². The summed E-state index contributed by atoms with van der Waals surface area (Å²) >= 11 is 0. The Hall–Kier alpha value is -2.21. The van der Waals surface area contributed by atoms with E-state index in [1.54, 1.807) is 11.0 Å². The van der Waals surface area contributed by atoms with Gasteiger partial charge in [-0.3, -0.25) is 4.79 Å². The van der Waals surface area contributed by atoms with E-state index < -0.39 is 0 Å². The Morgan fingerprint density at radius 3 is 3.00 bits per heavy atom. The van der Waals surface area contributed by atoms with Gasteiger partial charge in [0.1, 0.15) is 12.7 Å². The Balaban J connectivity index is 1.74. The molecule has 1 fully saturated rings. The maximum Gasteiger partial charge on any atom is 0.251 e. The summed E-state index contributed by atoms with van der Waals surface area (Å²) in [7, 11) is 0. The summed E-state index contributed by atoms with van der Waals surface area (Å²) in [5.41, 5.74) is 7.42. The molecule has 2 unspecified atom stereocenters. The molecule has 0 spiro atoms. The molecule has 3 rings (SSSR count). The fourth-order valence-electron chi connectivity index (χ4n) is 3.12. The molecule has 1 heterocycles. The van der Waals surface area contributed by atoms with Crippen molar-refractivity contribution in [2.75, 3.05) is 6.54 Å². The van der Waals surface area contributed by atoms with E-state index in [0.717, 1.165) is 24.8 Å². The lowest BCUT2D eigenvalue weighted by molar-refractivity contribution is 0.0927. The van der Waals surface area contributed by atoms with Crippen LogP contribution in [0.1, 0.15) is 35.2 Å². The van der Waals surface area contributed by atoms with E-state index in [4.69, 9.17) is 5.73 Å². The molecule has 2 aromatic rings. The molecule has 0 aliphatic heterocycles. The Morgan fingerprint density at radius 2 is 2.23 bits per heavy atom. The van der Waals surface area contributed by atoms with Gasteiger partial charge in [0.05, 0.1) is 6.54 Å². The fourth-order valence-corrected chi connectivity index (χ4v) is 3.12. The van der Waals surface area contributed by atoms with Crippen LogP contribution >= 0.6 is 0 Å². The van der Waals surface area contributed by atoms with Gasteiger partial charge < -0.3 is 11.1 Å². The van der Waals surface area contributed by atoms with E-state index in [2.05, 4.69) is 15.4 Å². The Kier molecular flexibility index (Phi) is 4.48. The van der Waals surface area contributed by atoms with Crippen molar-refractivity contribution < 1.29 is 4.79 Å². The molecule has 22 heavy (non-hydrogen) atoms. The lowest BCUT2D eigenvalue weighted by atomic mass is 10.0. The molecule has 0 bridgehead atoms. The van der Waals surface area contributed by atoms with E-state index in [-0.39, 0.29) is 11.9 Å². The van der Waals surface area contributed by atoms with Crippen molar-refractivity contribution in [1.82, 2.24) is 20.1 Å². The molecule has 1 aromatic carbocycles. The molecule has 6 heteroatoms. The van der Waals surface area contributed by atoms with Crippen molar-refractivity contribution in [3.05, 3.63) is 48.0 Å². The minimum atomic E-state index is -0.0268. The number of aromatic nitrogens is 3. The van der Waals surface area contributed by atoms with Gasteiger partial charge in [-0.05, 0) is 36.9 Å². The van der Waals surface area contributed by atoms with Crippen LogP contribution in [-0.4, -0.2) is 33.3 Å². The monoisotopic (exact) mass is 299 g/mol. The van der Waals surface area contributed by atoms with Gasteiger partial charge in [-0.25, -0.2) is 9.67 Å². The number of nitrogens with zero attached hydrogens (tertiary/aromatic N) is 3. The van der Waals surface area contributed by atoms with Gasteiger partial charge >= 0.3 is 0 Å². The van der Waals surface area contributed by atoms with E-state index in [0.29, 0.717) is 24.6 Å². The summed E-state index contributed by atoms with van der Waals surface area (Å²) in [6.07, 6.45) is 6.39. The number of carbonyl (C=O) groups excluding carboxylic acids is 1. The van der Waals surface area contributed by atoms with Gasteiger partial charge in [-0.15, -0.1) is 0 Å². The maximum atomic E-state index is 12.6. The largest absolute Gasteiger partial charge is 0.349 e. The SMILES string of the molecule is NCC1CCCC1NC(=O)c1ccccc1Cn1cncn1. The third-order valence-corrected chi connectivity index (χ3v) is 4.34. The number of amides is 1. The first-order valence-electron chi connectivity index (χ1n) is 7.69. The lowest BCUT2D eigenvalue weighted by Gasteiger charge is -2.20. The smallest absolute Gasteiger partial charge is 0.251 e. The third kappa shape index (κ3) is 3.17. The van der Waals surface area contributed by atoms with Crippen LogP contribution in [0.2, 0.25) is 0 Å². The molecule has 2 atom stereocenters. The predicted molar refractivity (Wildman–Crippen MR) is 83.2 cm³/mol. The number of hydrogen-bond donors (Lipinski definition) is 2.